The number of amidine groups is 1. The summed E-state index contributed by atoms with van der Waals surface area (Å²) < 4.78 is 0. The van der Waals surface area contributed by atoms with Crippen molar-refractivity contribution < 1.29 is 0 Å². The molecule has 0 aromatic heterocycles. The minimum absolute atomic E-state index is 0.405. The Morgan fingerprint density at radius 2 is 1.65 bits per heavy atom. The topological polar surface area (TPSA) is 36.8 Å². The van der Waals surface area contributed by atoms with Crippen LogP contribution >= 0.6 is 11.6 Å². The summed E-state index contributed by atoms with van der Waals surface area (Å²) in [4.78, 5) is 9.85. The molecule has 4 heteroatoms. The summed E-state index contributed by atoms with van der Waals surface area (Å²) in [7, 11) is 0. The van der Waals surface area contributed by atoms with E-state index in [1.807, 2.05) is 42.5 Å². The van der Waals surface area contributed by atoms with E-state index in [1.54, 1.807) is 0 Å². The van der Waals surface area contributed by atoms with Crippen LogP contribution in [-0.2, 0) is 0 Å². The molecule has 0 radical (unpaired) electrons. The molecule has 0 atom stereocenters. The molecule has 0 unspecified atom stereocenters. The molecular formula is C22H22ClN3. The Morgan fingerprint density at radius 1 is 0.923 bits per heavy atom. The van der Waals surface area contributed by atoms with E-state index in [0.29, 0.717) is 6.04 Å². The second-order valence-electron chi connectivity index (χ2n) is 6.79. The van der Waals surface area contributed by atoms with Gasteiger partial charge in [0.2, 0.25) is 0 Å². The molecule has 0 amide bonds. The maximum atomic E-state index is 6.00. The SMILES string of the molecule is Clc1ccc(NC2=NC(c3ccccc3)=CC2=NC2CCCCC2)cc1. The quantitative estimate of drug-likeness (QED) is 0.715. The average Bonchev–Trinajstić information content (AvgIpc) is 3.07. The number of aliphatic imine (C=N–C) groups is 2. The van der Waals surface area contributed by atoms with Gasteiger partial charge >= 0.3 is 0 Å². The van der Waals surface area contributed by atoms with Gasteiger partial charge in [-0.2, -0.15) is 0 Å². The van der Waals surface area contributed by atoms with E-state index in [1.165, 1.54) is 32.1 Å². The largest absolute Gasteiger partial charge is 0.338 e. The van der Waals surface area contributed by atoms with Crippen molar-refractivity contribution in [2.45, 2.75) is 38.1 Å². The van der Waals surface area contributed by atoms with Crippen LogP contribution in [0.5, 0.6) is 0 Å². The molecule has 1 fully saturated rings. The molecule has 1 saturated carbocycles. The van der Waals surface area contributed by atoms with Gasteiger partial charge in [-0.05, 0) is 43.2 Å². The van der Waals surface area contributed by atoms with Gasteiger partial charge in [-0.25, -0.2) is 4.99 Å². The molecule has 1 aliphatic heterocycles. The van der Waals surface area contributed by atoms with Gasteiger partial charge in [0.05, 0.1) is 11.7 Å². The highest BCUT2D eigenvalue weighted by atomic mass is 35.5. The van der Waals surface area contributed by atoms with Crippen LogP contribution in [0.3, 0.4) is 0 Å². The zero-order valence-corrected chi connectivity index (χ0v) is 15.4. The number of nitrogens with zero attached hydrogens (tertiary/aromatic N) is 2. The number of rotatable bonds is 3. The maximum absolute atomic E-state index is 6.00. The second kappa shape index (κ2) is 7.88. The lowest BCUT2D eigenvalue weighted by atomic mass is 9.96. The molecule has 26 heavy (non-hydrogen) atoms. The summed E-state index contributed by atoms with van der Waals surface area (Å²) in [6.45, 7) is 0. The van der Waals surface area contributed by atoms with Crippen molar-refractivity contribution in [2.75, 3.05) is 5.32 Å². The predicted octanol–water partition coefficient (Wildman–Crippen LogP) is 5.98. The number of anilines is 1. The summed E-state index contributed by atoms with van der Waals surface area (Å²) in [5.74, 6) is 0.816. The minimum Gasteiger partial charge on any atom is -0.338 e. The normalized spacial score (nSPS) is 19.3. The standard InChI is InChI=1S/C22H22ClN3/c23-17-11-13-19(14-12-17)25-22-21(24-18-9-5-2-6-10-18)15-20(26-22)16-7-3-1-4-8-16/h1,3-4,7-8,11-15,18H,2,5-6,9-10H2,(H,24,25,26). The monoisotopic (exact) mass is 363 g/mol. The van der Waals surface area contributed by atoms with Gasteiger partial charge in [0, 0.05) is 16.3 Å². The third-order valence-electron chi connectivity index (χ3n) is 4.82. The molecule has 3 nitrogen and oxygen atoms in total. The van der Waals surface area contributed by atoms with Crippen molar-refractivity contribution >= 4 is 34.5 Å². The van der Waals surface area contributed by atoms with E-state index >= 15 is 0 Å². The van der Waals surface area contributed by atoms with Crippen LogP contribution in [0.4, 0.5) is 5.69 Å². The summed E-state index contributed by atoms with van der Waals surface area (Å²) in [5.41, 5.74) is 3.98. The summed E-state index contributed by atoms with van der Waals surface area (Å²) in [5, 5.41) is 4.14. The summed E-state index contributed by atoms with van der Waals surface area (Å²) in [6, 6.07) is 18.3. The smallest absolute Gasteiger partial charge is 0.156 e. The number of hydrogen-bond donors (Lipinski definition) is 1. The molecule has 2 aliphatic rings. The van der Waals surface area contributed by atoms with Crippen LogP contribution in [0.25, 0.3) is 5.70 Å². The third kappa shape index (κ3) is 4.05. The first-order chi connectivity index (χ1) is 12.8. The molecule has 1 N–H and O–H groups in total. The van der Waals surface area contributed by atoms with E-state index < -0.39 is 0 Å². The lowest BCUT2D eigenvalue weighted by molar-refractivity contribution is 0.444. The molecule has 0 saturated heterocycles. The summed E-state index contributed by atoms with van der Waals surface area (Å²) in [6.07, 6.45) is 8.32. The zero-order valence-electron chi connectivity index (χ0n) is 14.7. The average molecular weight is 364 g/mol. The Bertz CT molecular complexity index is 845. The van der Waals surface area contributed by atoms with Gasteiger partial charge in [-0.3, -0.25) is 4.99 Å². The fraction of sp³-hybridized carbons (Fsp3) is 0.273. The number of halogens is 1. The predicted molar refractivity (Wildman–Crippen MR) is 111 cm³/mol. The molecular weight excluding hydrogens is 342 g/mol. The first kappa shape index (κ1) is 17.0. The van der Waals surface area contributed by atoms with Crippen molar-refractivity contribution in [3.8, 4) is 0 Å². The van der Waals surface area contributed by atoms with Crippen LogP contribution in [0, 0.1) is 0 Å². The van der Waals surface area contributed by atoms with E-state index in [0.717, 1.165) is 33.5 Å². The lowest BCUT2D eigenvalue weighted by Crippen LogP contribution is -2.22. The Kier molecular flexibility index (Phi) is 5.16. The van der Waals surface area contributed by atoms with Gasteiger partial charge in [0.15, 0.2) is 5.84 Å². The molecule has 4 rings (SSSR count). The molecule has 1 aliphatic carbocycles. The van der Waals surface area contributed by atoms with Crippen molar-refractivity contribution in [3.05, 3.63) is 71.3 Å². The van der Waals surface area contributed by atoms with Crippen molar-refractivity contribution in [1.82, 2.24) is 0 Å². The maximum Gasteiger partial charge on any atom is 0.156 e. The van der Waals surface area contributed by atoms with Gasteiger partial charge in [-0.1, -0.05) is 61.2 Å². The molecule has 1 heterocycles. The van der Waals surface area contributed by atoms with Crippen molar-refractivity contribution in [1.29, 1.82) is 0 Å². The van der Waals surface area contributed by atoms with E-state index in [4.69, 9.17) is 21.6 Å². The molecule has 0 spiro atoms. The minimum atomic E-state index is 0.405. The van der Waals surface area contributed by atoms with Crippen molar-refractivity contribution in [2.24, 2.45) is 9.98 Å². The molecule has 2 aromatic rings. The van der Waals surface area contributed by atoms with Crippen LogP contribution < -0.4 is 5.32 Å². The van der Waals surface area contributed by atoms with Crippen LogP contribution in [0.1, 0.15) is 37.7 Å². The Morgan fingerprint density at radius 3 is 2.38 bits per heavy atom. The Hall–Kier alpha value is -2.39. The number of nitrogens with one attached hydrogen (secondary N) is 1. The highest BCUT2D eigenvalue weighted by molar-refractivity contribution is 6.53. The van der Waals surface area contributed by atoms with Gasteiger partial charge in [0.25, 0.3) is 0 Å². The van der Waals surface area contributed by atoms with E-state index in [9.17, 15) is 0 Å². The first-order valence-corrected chi connectivity index (χ1v) is 9.62. The summed E-state index contributed by atoms with van der Waals surface area (Å²) >= 11 is 6.00. The fourth-order valence-electron chi connectivity index (χ4n) is 3.43. The zero-order chi connectivity index (χ0) is 17.8. The Balaban J connectivity index is 1.63. The van der Waals surface area contributed by atoms with Gasteiger partial charge < -0.3 is 5.32 Å². The molecule has 0 bridgehead atoms. The van der Waals surface area contributed by atoms with Gasteiger partial charge in [-0.15, -0.1) is 0 Å². The van der Waals surface area contributed by atoms with Crippen molar-refractivity contribution in [3.63, 3.8) is 0 Å². The molecule has 132 valence electrons. The number of hydrogen-bond acceptors (Lipinski definition) is 3. The fourth-order valence-corrected chi connectivity index (χ4v) is 3.56. The second-order valence-corrected chi connectivity index (χ2v) is 7.23. The van der Waals surface area contributed by atoms with Crippen LogP contribution in [0.2, 0.25) is 5.02 Å². The van der Waals surface area contributed by atoms with Gasteiger partial charge in [0.1, 0.15) is 5.71 Å². The highest BCUT2D eigenvalue weighted by Gasteiger charge is 2.20. The third-order valence-corrected chi connectivity index (χ3v) is 5.07. The van der Waals surface area contributed by atoms with Crippen LogP contribution in [0.15, 0.2) is 70.7 Å². The highest BCUT2D eigenvalue weighted by Crippen LogP contribution is 2.25. The van der Waals surface area contributed by atoms with E-state index in [-0.39, 0.29) is 0 Å². The number of benzene rings is 2. The molecule has 2 aromatic carbocycles. The van der Waals surface area contributed by atoms with Crippen LogP contribution in [-0.4, -0.2) is 17.6 Å². The van der Waals surface area contributed by atoms with E-state index in [2.05, 4.69) is 23.5 Å². The lowest BCUT2D eigenvalue weighted by Gasteiger charge is -2.18. The first-order valence-electron chi connectivity index (χ1n) is 9.24. The Labute approximate surface area is 159 Å².